The van der Waals surface area contributed by atoms with Gasteiger partial charge < -0.3 is 5.32 Å². The number of nitrogens with one attached hydrogen (secondary N) is 1. The summed E-state index contributed by atoms with van der Waals surface area (Å²) in [4.78, 5) is 13.1. The van der Waals surface area contributed by atoms with Gasteiger partial charge in [-0.1, -0.05) is 55.8 Å². The number of hydrogen-bond acceptors (Lipinski definition) is 3. The fraction of sp³-hybridized carbons (Fsp3) is 0.409. The van der Waals surface area contributed by atoms with E-state index in [1.54, 1.807) is 24.3 Å². The van der Waals surface area contributed by atoms with Crippen LogP contribution in [0.1, 0.15) is 37.0 Å². The van der Waals surface area contributed by atoms with Crippen molar-refractivity contribution < 1.29 is 13.2 Å². The van der Waals surface area contributed by atoms with Crippen LogP contribution in [0.2, 0.25) is 0 Å². The molecule has 2 aromatic carbocycles. The second-order valence-corrected chi connectivity index (χ2v) is 9.72. The minimum atomic E-state index is -3.78. The van der Waals surface area contributed by atoms with Crippen molar-refractivity contribution in [3.63, 3.8) is 0 Å². The predicted molar refractivity (Wildman–Crippen MR) is 110 cm³/mol. The molecule has 1 N–H and O–H groups in total. The largest absolute Gasteiger partial charge is 0.355 e. The Hall–Kier alpha value is -2.18. The third-order valence-corrected chi connectivity index (χ3v) is 7.03. The van der Waals surface area contributed by atoms with Gasteiger partial charge in [0.25, 0.3) is 0 Å². The predicted octanol–water partition coefficient (Wildman–Crippen LogP) is 3.27. The molecule has 1 amide bonds. The summed E-state index contributed by atoms with van der Waals surface area (Å²) in [6, 6.07) is 13.8. The zero-order valence-electron chi connectivity index (χ0n) is 16.7. The third-order valence-electron chi connectivity index (χ3n) is 5.16. The lowest BCUT2D eigenvalue weighted by Crippen LogP contribution is -2.52. The van der Waals surface area contributed by atoms with Crippen molar-refractivity contribution in [1.82, 2.24) is 9.62 Å². The first-order valence-corrected chi connectivity index (χ1v) is 11.2. The topological polar surface area (TPSA) is 66.5 Å². The average molecular weight is 401 g/mol. The van der Waals surface area contributed by atoms with Gasteiger partial charge in [0.05, 0.1) is 4.90 Å². The average Bonchev–Trinajstić information content (AvgIpc) is 2.67. The fourth-order valence-electron chi connectivity index (χ4n) is 3.42. The second kappa shape index (κ2) is 8.45. The van der Waals surface area contributed by atoms with E-state index >= 15 is 0 Å². The van der Waals surface area contributed by atoms with E-state index in [0.29, 0.717) is 18.9 Å². The van der Waals surface area contributed by atoms with Crippen molar-refractivity contribution in [2.24, 2.45) is 5.92 Å². The molecule has 0 radical (unpaired) electrons. The molecular formula is C22H28N2O3S. The van der Waals surface area contributed by atoms with E-state index in [0.717, 1.165) is 23.1 Å². The van der Waals surface area contributed by atoms with E-state index in [2.05, 4.69) is 19.2 Å². The van der Waals surface area contributed by atoms with Crippen LogP contribution in [0.25, 0.3) is 0 Å². The lowest BCUT2D eigenvalue weighted by Gasteiger charge is -2.35. The van der Waals surface area contributed by atoms with Crippen molar-refractivity contribution in [3.8, 4) is 0 Å². The van der Waals surface area contributed by atoms with E-state index in [4.69, 9.17) is 0 Å². The van der Waals surface area contributed by atoms with Crippen LogP contribution in [0.3, 0.4) is 0 Å². The van der Waals surface area contributed by atoms with Gasteiger partial charge in [-0.25, -0.2) is 8.42 Å². The molecule has 1 aliphatic heterocycles. The van der Waals surface area contributed by atoms with Crippen LogP contribution in [-0.2, 0) is 27.8 Å². The molecule has 6 heteroatoms. The van der Waals surface area contributed by atoms with E-state index in [1.165, 1.54) is 4.31 Å². The van der Waals surface area contributed by atoms with Crippen molar-refractivity contribution in [2.45, 2.75) is 51.1 Å². The Kier molecular flexibility index (Phi) is 6.20. The highest BCUT2D eigenvalue weighted by Gasteiger charge is 2.39. The number of nitrogens with zero attached hydrogens (tertiary/aromatic N) is 1. The minimum Gasteiger partial charge on any atom is -0.355 e. The molecule has 0 spiro atoms. The maximum Gasteiger partial charge on any atom is 0.244 e. The highest BCUT2D eigenvalue weighted by molar-refractivity contribution is 7.89. The summed E-state index contributed by atoms with van der Waals surface area (Å²) in [5, 5.41) is 2.93. The van der Waals surface area contributed by atoms with Gasteiger partial charge in [0.15, 0.2) is 0 Å². The van der Waals surface area contributed by atoms with Crippen molar-refractivity contribution in [3.05, 3.63) is 65.2 Å². The maximum absolute atomic E-state index is 13.4. The molecule has 0 saturated heterocycles. The summed E-state index contributed by atoms with van der Waals surface area (Å²) in [7, 11) is -3.78. The number of amides is 1. The van der Waals surface area contributed by atoms with Gasteiger partial charge in [-0.3, -0.25) is 4.79 Å². The second-order valence-electron chi connectivity index (χ2n) is 7.83. The first-order chi connectivity index (χ1) is 13.3. The zero-order chi connectivity index (χ0) is 20.3. The number of fused-ring (bicyclic) bond motifs is 1. The van der Waals surface area contributed by atoms with Crippen LogP contribution in [0.5, 0.6) is 0 Å². The monoisotopic (exact) mass is 400 g/mol. The Morgan fingerprint density at radius 2 is 1.75 bits per heavy atom. The number of aryl methyl sites for hydroxylation is 1. The third kappa shape index (κ3) is 4.45. The molecule has 150 valence electrons. The first kappa shape index (κ1) is 20.6. The Morgan fingerprint density at radius 1 is 1.11 bits per heavy atom. The molecule has 1 heterocycles. The first-order valence-electron chi connectivity index (χ1n) is 9.72. The number of benzene rings is 2. The molecule has 0 saturated carbocycles. The SMILES string of the molecule is Cc1ccc(S(=O)(=O)N2Cc3ccccc3C[C@H]2C(=O)NCCC(C)C)cc1. The summed E-state index contributed by atoms with van der Waals surface area (Å²) in [5.74, 6) is 0.241. The Balaban J connectivity index is 1.92. The normalized spacial score (nSPS) is 17.4. The lowest BCUT2D eigenvalue weighted by molar-refractivity contribution is -0.125. The minimum absolute atomic E-state index is 0.203. The Bertz CT molecular complexity index is 937. The zero-order valence-corrected chi connectivity index (χ0v) is 17.5. The molecule has 1 aliphatic rings. The molecule has 0 unspecified atom stereocenters. The van der Waals surface area contributed by atoms with Gasteiger partial charge in [0.2, 0.25) is 15.9 Å². The molecule has 0 fully saturated rings. The number of rotatable bonds is 6. The Morgan fingerprint density at radius 3 is 2.39 bits per heavy atom. The molecule has 0 aromatic heterocycles. The van der Waals surface area contributed by atoms with Crippen molar-refractivity contribution in [2.75, 3.05) is 6.54 Å². The van der Waals surface area contributed by atoms with Crippen LogP contribution in [-0.4, -0.2) is 31.2 Å². The van der Waals surface area contributed by atoms with Gasteiger partial charge in [-0.2, -0.15) is 4.31 Å². The molecular weight excluding hydrogens is 372 g/mol. The number of hydrogen-bond donors (Lipinski definition) is 1. The van der Waals surface area contributed by atoms with Gasteiger partial charge in [0.1, 0.15) is 6.04 Å². The molecule has 1 atom stereocenters. The standard InChI is InChI=1S/C22H28N2O3S/c1-16(2)12-13-23-22(25)21-14-18-6-4-5-7-19(18)15-24(21)28(26,27)20-10-8-17(3)9-11-20/h4-11,16,21H,12-15H2,1-3H3,(H,23,25)/t21-/m0/s1. The van der Waals surface area contributed by atoms with E-state index < -0.39 is 16.1 Å². The van der Waals surface area contributed by atoms with Crippen molar-refractivity contribution in [1.29, 1.82) is 0 Å². The number of sulfonamides is 1. The summed E-state index contributed by atoms with van der Waals surface area (Å²) in [6.07, 6.45) is 1.24. The van der Waals surface area contributed by atoms with Crippen molar-refractivity contribution >= 4 is 15.9 Å². The quantitative estimate of drug-likeness (QED) is 0.809. The summed E-state index contributed by atoms with van der Waals surface area (Å²) < 4.78 is 28.1. The maximum atomic E-state index is 13.4. The van der Waals surface area contributed by atoms with E-state index in [1.807, 2.05) is 31.2 Å². The molecule has 3 rings (SSSR count). The molecule has 0 bridgehead atoms. The fourth-order valence-corrected chi connectivity index (χ4v) is 4.99. The van der Waals surface area contributed by atoms with Crippen LogP contribution in [0.15, 0.2) is 53.4 Å². The Labute approximate surface area is 167 Å². The van der Waals surface area contributed by atoms with Crippen LogP contribution in [0, 0.1) is 12.8 Å². The van der Waals surface area contributed by atoms with Gasteiger partial charge in [0, 0.05) is 13.1 Å². The molecule has 2 aromatic rings. The number of carbonyl (C=O) groups is 1. The summed E-state index contributed by atoms with van der Waals surface area (Å²) in [6.45, 7) is 6.86. The smallest absolute Gasteiger partial charge is 0.244 e. The van der Waals surface area contributed by atoms with Crippen LogP contribution < -0.4 is 5.32 Å². The summed E-state index contributed by atoms with van der Waals surface area (Å²) in [5.41, 5.74) is 2.97. The van der Waals surface area contributed by atoms with Gasteiger partial charge >= 0.3 is 0 Å². The van der Waals surface area contributed by atoms with Gasteiger partial charge in [-0.15, -0.1) is 0 Å². The highest BCUT2D eigenvalue weighted by Crippen LogP contribution is 2.29. The summed E-state index contributed by atoms with van der Waals surface area (Å²) >= 11 is 0. The molecule has 28 heavy (non-hydrogen) atoms. The van der Waals surface area contributed by atoms with Crippen LogP contribution in [0.4, 0.5) is 0 Å². The highest BCUT2D eigenvalue weighted by atomic mass is 32.2. The van der Waals surface area contributed by atoms with E-state index in [9.17, 15) is 13.2 Å². The lowest BCUT2D eigenvalue weighted by atomic mass is 9.95. The van der Waals surface area contributed by atoms with Gasteiger partial charge in [-0.05, 0) is 48.9 Å². The molecule has 0 aliphatic carbocycles. The van der Waals surface area contributed by atoms with Crippen LogP contribution >= 0.6 is 0 Å². The molecule has 5 nitrogen and oxygen atoms in total. The van der Waals surface area contributed by atoms with E-state index in [-0.39, 0.29) is 17.3 Å². The number of carbonyl (C=O) groups excluding carboxylic acids is 1.